The van der Waals surface area contributed by atoms with E-state index in [4.69, 9.17) is 9.47 Å². The van der Waals surface area contributed by atoms with Gasteiger partial charge in [0, 0.05) is 11.6 Å². The molecule has 1 atom stereocenters. The van der Waals surface area contributed by atoms with Crippen molar-refractivity contribution in [1.82, 2.24) is 4.90 Å². The second kappa shape index (κ2) is 10.1. The van der Waals surface area contributed by atoms with Gasteiger partial charge in [-0.2, -0.15) is 0 Å². The Morgan fingerprint density at radius 1 is 1.00 bits per heavy atom. The van der Waals surface area contributed by atoms with E-state index in [9.17, 15) is 14.7 Å². The smallest absolute Gasteiger partial charge is 0.295 e. The van der Waals surface area contributed by atoms with Crippen molar-refractivity contribution >= 4 is 17.4 Å². The summed E-state index contributed by atoms with van der Waals surface area (Å²) < 4.78 is 11.3. The fourth-order valence-electron chi connectivity index (χ4n) is 4.76. The summed E-state index contributed by atoms with van der Waals surface area (Å²) in [6.45, 7) is 5.04. The molecule has 6 nitrogen and oxygen atoms in total. The third-order valence-corrected chi connectivity index (χ3v) is 6.29. The summed E-state index contributed by atoms with van der Waals surface area (Å²) in [6, 6.07) is 13.8. The lowest BCUT2D eigenvalue weighted by atomic mass is 9.94. The first kappa shape index (κ1) is 22.9. The molecule has 174 valence electrons. The van der Waals surface area contributed by atoms with Gasteiger partial charge in [0.1, 0.15) is 17.3 Å². The molecule has 1 aliphatic heterocycles. The number of amides is 1. The molecule has 2 fully saturated rings. The lowest BCUT2D eigenvalue weighted by Crippen LogP contribution is -2.37. The van der Waals surface area contributed by atoms with Crippen LogP contribution >= 0.6 is 0 Å². The minimum absolute atomic E-state index is 0.0115. The summed E-state index contributed by atoms with van der Waals surface area (Å²) in [5.74, 6) is -0.0201. The van der Waals surface area contributed by atoms with E-state index >= 15 is 0 Å². The highest BCUT2D eigenvalue weighted by Gasteiger charge is 2.49. The van der Waals surface area contributed by atoms with E-state index in [0.717, 1.165) is 43.4 Å². The predicted octanol–water partition coefficient (Wildman–Crippen LogP) is 5.24. The summed E-state index contributed by atoms with van der Waals surface area (Å²) in [5.41, 5.74) is 1.37. The van der Waals surface area contributed by atoms with Gasteiger partial charge in [-0.25, -0.2) is 0 Å². The van der Waals surface area contributed by atoms with Gasteiger partial charge < -0.3 is 19.5 Å². The van der Waals surface area contributed by atoms with Crippen LogP contribution in [-0.4, -0.2) is 41.0 Å². The molecule has 2 aromatic carbocycles. The van der Waals surface area contributed by atoms with Crippen molar-refractivity contribution in [1.29, 1.82) is 0 Å². The van der Waals surface area contributed by atoms with Crippen molar-refractivity contribution < 1.29 is 24.2 Å². The normalized spacial score (nSPS) is 20.4. The minimum atomic E-state index is -0.641. The van der Waals surface area contributed by atoms with Crippen molar-refractivity contribution in [3.05, 3.63) is 65.2 Å². The first-order valence-corrected chi connectivity index (χ1v) is 11.8. The highest BCUT2D eigenvalue weighted by Crippen LogP contribution is 2.43. The largest absolute Gasteiger partial charge is 0.507 e. The van der Waals surface area contributed by atoms with Crippen LogP contribution in [-0.2, 0) is 9.59 Å². The number of carbonyl (C=O) groups excluding carboxylic acids is 2. The second-order valence-electron chi connectivity index (χ2n) is 8.52. The molecule has 1 N–H and O–H groups in total. The highest BCUT2D eigenvalue weighted by molar-refractivity contribution is 6.46. The predicted molar refractivity (Wildman–Crippen MR) is 126 cm³/mol. The van der Waals surface area contributed by atoms with Crippen molar-refractivity contribution in [3.63, 3.8) is 0 Å². The Kier molecular flexibility index (Phi) is 7.02. The number of rotatable bonds is 8. The Morgan fingerprint density at radius 2 is 1.73 bits per heavy atom. The number of hydrogen-bond acceptors (Lipinski definition) is 5. The maximum absolute atomic E-state index is 13.2. The standard InChI is InChI=1S/C27H31NO5/c1-3-16-33-21-14-12-18(13-15-21)24-23(25(29)19-8-7-11-22(17-19)32-4-2)26(30)27(31)28(24)20-9-5-6-10-20/h7-8,11-15,17,20,24,29H,3-6,9-10,16H2,1-2H3/b25-23-. The molecule has 4 rings (SSSR count). The number of aliphatic hydroxyl groups excluding tert-OH is 1. The van der Waals surface area contributed by atoms with Crippen LogP contribution in [0.1, 0.15) is 63.1 Å². The van der Waals surface area contributed by atoms with E-state index in [-0.39, 0.29) is 17.4 Å². The summed E-state index contributed by atoms with van der Waals surface area (Å²) in [4.78, 5) is 28.1. The number of benzene rings is 2. The minimum Gasteiger partial charge on any atom is -0.507 e. The fourth-order valence-corrected chi connectivity index (χ4v) is 4.76. The maximum Gasteiger partial charge on any atom is 0.295 e. The summed E-state index contributed by atoms with van der Waals surface area (Å²) in [5, 5.41) is 11.3. The van der Waals surface area contributed by atoms with Crippen LogP contribution in [0.15, 0.2) is 54.1 Å². The van der Waals surface area contributed by atoms with Crippen molar-refractivity contribution in [2.45, 2.75) is 58.0 Å². The Balaban J connectivity index is 1.79. The molecule has 0 bridgehead atoms. The van der Waals surface area contributed by atoms with Crippen LogP contribution in [0.25, 0.3) is 5.76 Å². The summed E-state index contributed by atoms with van der Waals surface area (Å²) >= 11 is 0. The number of ketones is 1. The van der Waals surface area contributed by atoms with Crippen molar-refractivity contribution in [3.8, 4) is 11.5 Å². The van der Waals surface area contributed by atoms with Gasteiger partial charge in [0.15, 0.2) is 0 Å². The summed E-state index contributed by atoms with van der Waals surface area (Å²) in [7, 11) is 0. The van der Waals surface area contributed by atoms with E-state index in [1.807, 2.05) is 38.1 Å². The molecule has 6 heteroatoms. The van der Waals surface area contributed by atoms with Crippen LogP contribution in [0.3, 0.4) is 0 Å². The molecule has 1 amide bonds. The summed E-state index contributed by atoms with van der Waals surface area (Å²) in [6.07, 6.45) is 4.69. The molecule has 0 aromatic heterocycles. The monoisotopic (exact) mass is 449 g/mol. The number of aliphatic hydroxyl groups is 1. The molecule has 1 heterocycles. The Morgan fingerprint density at radius 3 is 2.39 bits per heavy atom. The third kappa shape index (κ3) is 4.61. The number of ether oxygens (including phenoxy) is 2. The van der Waals surface area contributed by atoms with E-state index in [2.05, 4.69) is 0 Å². The van der Waals surface area contributed by atoms with Crippen molar-refractivity contribution in [2.24, 2.45) is 0 Å². The molecule has 2 aliphatic rings. The molecule has 1 aliphatic carbocycles. The van der Waals surface area contributed by atoms with Crippen molar-refractivity contribution in [2.75, 3.05) is 13.2 Å². The first-order valence-electron chi connectivity index (χ1n) is 11.8. The van der Waals surface area contributed by atoms with Crippen LogP contribution in [0.2, 0.25) is 0 Å². The molecule has 0 radical (unpaired) electrons. The zero-order chi connectivity index (χ0) is 23.4. The molecule has 1 saturated carbocycles. The van der Waals surface area contributed by atoms with Crippen LogP contribution in [0.5, 0.6) is 11.5 Å². The first-order chi connectivity index (χ1) is 16.0. The number of likely N-dealkylation sites (tertiary alicyclic amines) is 1. The number of hydrogen-bond donors (Lipinski definition) is 1. The average Bonchev–Trinajstić information content (AvgIpc) is 3.45. The zero-order valence-electron chi connectivity index (χ0n) is 19.3. The van der Waals surface area contributed by atoms with Crippen LogP contribution in [0, 0.1) is 0 Å². The topological polar surface area (TPSA) is 76.1 Å². The molecular weight excluding hydrogens is 418 g/mol. The molecule has 0 spiro atoms. The average molecular weight is 450 g/mol. The van der Waals surface area contributed by atoms with E-state index < -0.39 is 17.7 Å². The number of nitrogens with zero attached hydrogens (tertiary/aromatic N) is 1. The van der Waals surface area contributed by atoms with E-state index in [0.29, 0.717) is 24.5 Å². The van der Waals surface area contributed by atoms with Gasteiger partial charge in [-0.15, -0.1) is 0 Å². The Labute approximate surface area is 194 Å². The van der Waals surface area contributed by atoms with Gasteiger partial charge in [0.25, 0.3) is 11.7 Å². The van der Waals surface area contributed by atoms with Crippen LogP contribution < -0.4 is 9.47 Å². The molecule has 1 unspecified atom stereocenters. The van der Waals surface area contributed by atoms with Gasteiger partial charge in [0.2, 0.25) is 0 Å². The molecule has 2 aromatic rings. The van der Waals surface area contributed by atoms with E-state index in [1.54, 1.807) is 29.2 Å². The molecule has 1 saturated heterocycles. The van der Waals surface area contributed by atoms with Gasteiger partial charge in [-0.1, -0.05) is 44.0 Å². The third-order valence-electron chi connectivity index (χ3n) is 6.29. The second-order valence-corrected chi connectivity index (χ2v) is 8.52. The highest BCUT2D eigenvalue weighted by atomic mass is 16.5. The maximum atomic E-state index is 13.2. The number of Topliss-reactive ketones (excluding diaryl/α,β-unsaturated/α-hetero) is 1. The van der Waals surface area contributed by atoms with Crippen LogP contribution in [0.4, 0.5) is 0 Å². The Bertz CT molecular complexity index is 1040. The SMILES string of the molecule is CCCOc1ccc(C2/C(=C(/O)c3cccc(OCC)c3)C(=O)C(=O)N2C2CCCC2)cc1. The van der Waals surface area contributed by atoms with Gasteiger partial charge in [-0.3, -0.25) is 9.59 Å². The lowest BCUT2D eigenvalue weighted by molar-refractivity contribution is -0.141. The van der Waals surface area contributed by atoms with Gasteiger partial charge in [-0.05, 0) is 56.0 Å². The Hall–Kier alpha value is -3.28. The quantitative estimate of drug-likeness (QED) is 0.339. The molecular formula is C27H31NO5. The van der Waals surface area contributed by atoms with Gasteiger partial charge in [0.05, 0.1) is 24.8 Å². The zero-order valence-corrected chi connectivity index (χ0v) is 19.3. The van der Waals surface area contributed by atoms with Gasteiger partial charge >= 0.3 is 0 Å². The van der Waals surface area contributed by atoms with E-state index in [1.165, 1.54) is 0 Å². The molecule has 33 heavy (non-hydrogen) atoms. The lowest BCUT2D eigenvalue weighted by Gasteiger charge is -2.30. The number of carbonyl (C=O) groups is 2. The fraction of sp³-hybridized carbons (Fsp3) is 0.407.